The highest BCUT2D eigenvalue weighted by Gasteiger charge is 2.41. The molecule has 2 atom stereocenters. The van der Waals surface area contributed by atoms with E-state index in [1.807, 2.05) is 30.3 Å². The van der Waals surface area contributed by atoms with E-state index in [0.717, 1.165) is 32.9 Å². The van der Waals surface area contributed by atoms with Gasteiger partial charge in [0.2, 0.25) is 5.91 Å². The first-order valence-corrected chi connectivity index (χ1v) is 11.8. The summed E-state index contributed by atoms with van der Waals surface area (Å²) in [6.07, 6.45) is 6.98. The number of benzene rings is 2. The number of terminal acetylenes is 1. The lowest BCUT2D eigenvalue weighted by Gasteiger charge is -2.34. The summed E-state index contributed by atoms with van der Waals surface area (Å²) in [5.74, 6) is 3.14. The van der Waals surface area contributed by atoms with E-state index in [2.05, 4.69) is 22.8 Å². The predicted octanol–water partition coefficient (Wildman–Crippen LogP) is 3.68. The fourth-order valence-corrected chi connectivity index (χ4v) is 5.17. The van der Waals surface area contributed by atoms with Crippen LogP contribution in [0.15, 0.2) is 42.5 Å². The number of H-pyrrole nitrogens is 1. The van der Waals surface area contributed by atoms with Crippen molar-refractivity contribution < 1.29 is 19.1 Å². The number of hydrogen-bond acceptors (Lipinski definition) is 5. The molecule has 0 spiro atoms. The van der Waals surface area contributed by atoms with E-state index in [-0.39, 0.29) is 11.8 Å². The molecule has 5 rings (SSSR count). The summed E-state index contributed by atoms with van der Waals surface area (Å²) in [4.78, 5) is 36.0. The predicted molar refractivity (Wildman–Crippen MR) is 133 cm³/mol. The minimum absolute atomic E-state index is 0.0326. The van der Waals surface area contributed by atoms with E-state index in [0.29, 0.717) is 44.8 Å². The summed E-state index contributed by atoms with van der Waals surface area (Å²) in [5, 5.41) is 4.80. The number of aromatic nitrogens is 2. The molecular weight excluding hydrogens is 444 g/mol. The van der Waals surface area contributed by atoms with Crippen LogP contribution < -0.4 is 5.32 Å². The maximum atomic E-state index is 13.8. The number of methoxy groups -OCH3 is 1. The van der Waals surface area contributed by atoms with Gasteiger partial charge < -0.3 is 24.7 Å². The van der Waals surface area contributed by atoms with Crippen LogP contribution in [0.2, 0.25) is 0 Å². The van der Waals surface area contributed by atoms with Gasteiger partial charge in [-0.2, -0.15) is 0 Å². The van der Waals surface area contributed by atoms with Gasteiger partial charge in [-0.1, -0.05) is 24.6 Å². The van der Waals surface area contributed by atoms with Crippen LogP contribution in [-0.4, -0.2) is 59.8 Å². The second-order valence-electron chi connectivity index (χ2n) is 9.07. The van der Waals surface area contributed by atoms with E-state index in [1.165, 1.54) is 7.11 Å². The normalized spacial score (nSPS) is 19.6. The summed E-state index contributed by atoms with van der Waals surface area (Å²) in [6, 6.07) is 8.70. The Kier molecular flexibility index (Phi) is 6.18. The quantitative estimate of drug-likeness (QED) is 0.446. The van der Waals surface area contributed by atoms with Crippen molar-refractivity contribution >= 4 is 33.8 Å². The maximum absolute atomic E-state index is 13.8. The molecule has 0 bridgehead atoms. The molecule has 0 radical (unpaired) electrons. The number of hydrogen-bond donors (Lipinski definition) is 2. The van der Waals surface area contributed by atoms with E-state index >= 15 is 0 Å². The van der Waals surface area contributed by atoms with Crippen LogP contribution in [0.3, 0.4) is 0 Å². The second kappa shape index (κ2) is 9.43. The van der Waals surface area contributed by atoms with E-state index in [4.69, 9.17) is 20.9 Å². The molecule has 8 heteroatoms. The highest BCUT2D eigenvalue weighted by Crippen LogP contribution is 2.37. The molecule has 0 saturated carbocycles. The number of likely N-dealkylation sites (tertiary alicyclic amines) is 1. The summed E-state index contributed by atoms with van der Waals surface area (Å²) < 4.78 is 10.3. The molecule has 2 amide bonds. The molecule has 0 unspecified atom stereocenters. The van der Waals surface area contributed by atoms with Crippen molar-refractivity contribution in [3.8, 4) is 12.3 Å². The third-order valence-corrected chi connectivity index (χ3v) is 7.03. The van der Waals surface area contributed by atoms with E-state index in [9.17, 15) is 9.59 Å². The third kappa shape index (κ3) is 4.24. The minimum Gasteiger partial charge on any atom is -0.453 e. The summed E-state index contributed by atoms with van der Waals surface area (Å²) in [7, 11) is 1.30. The first kappa shape index (κ1) is 22.9. The zero-order chi connectivity index (χ0) is 24.5. The maximum Gasteiger partial charge on any atom is 0.407 e. The van der Waals surface area contributed by atoms with Gasteiger partial charge in [0, 0.05) is 30.7 Å². The zero-order valence-electron chi connectivity index (χ0n) is 19.7. The Morgan fingerprint density at radius 1 is 1.31 bits per heavy atom. The van der Waals surface area contributed by atoms with Crippen molar-refractivity contribution in [1.29, 1.82) is 0 Å². The lowest BCUT2D eigenvalue weighted by atomic mass is 9.90. The van der Waals surface area contributed by atoms with Crippen molar-refractivity contribution in [2.45, 2.75) is 31.3 Å². The second-order valence-corrected chi connectivity index (χ2v) is 9.07. The zero-order valence-corrected chi connectivity index (χ0v) is 19.7. The summed E-state index contributed by atoms with van der Waals surface area (Å²) >= 11 is 0. The van der Waals surface area contributed by atoms with Gasteiger partial charge in [-0.05, 0) is 54.3 Å². The Morgan fingerprint density at radius 2 is 2.11 bits per heavy atom. The molecule has 8 nitrogen and oxygen atoms in total. The molecular formula is C27H28N4O4. The molecule has 2 fully saturated rings. The van der Waals surface area contributed by atoms with Gasteiger partial charge in [0.1, 0.15) is 17.9 Å². The van der Waals surface area contributed by atoms with Crippen LogP contribution in [-0.2, 0) is 14.3 Å². The molecule has 2 aliphatic rings. The number of carbonyl (C=O) groups is 2. The van der Waals surface area contributed by atoms with Crippen molar-refractivity contribution in [3.05, 3.63) is 53.9 Å². The highest BCUT2D eigenvalue weighted by molar-refractivity contribution is 6.04. The van der Waals surface area contributed by atoms with Crippen LogP contribution >= 0.6 is 0 Å². The smallest absolute Gasteiger partial charge is 0.407 e. The topological polar surface area (TPSA) is 96.6 Å². The number of imidazole rings is 1. The van der Waals surface area contributed by atoms with Crippen LogP contribution in [0.1, 0.15) is 36.7 Å². The number of carbonyl (C=O) groups excluding carboxylic acids is 2. The van der Waals surface area contributed by atoms with Crippen molar-refractivity contribution in [1.82, 2.24) is 20.2 Å². The number of fused-ring (bicyclic) bond motifs is 3. The Bertz CT molecular complexity index is 1350. The van der Waals surface area contributed by atoms with Crippen molar-refractivity contribution in [2.75, 3.05) is 26.9 Å². The molecule has 2 aliphatic heterocycles. The summed E-state index contributed by atoms with van der Waals surface area (Å²) in [5.41, 5.74) is 3.42. The van der Waals surface area contributed by atoms with Crippen LogP contribution in [0, 0.1) is 18.3 Å². The lowest BCUT2D eigenvalue weighted by Crippen LogP contribution is -2.53. The molecule has 1 aromatic heterocycles. The Labute approximate surface area is 203 Å². The van der Waals surface area contributed by atoms with Gasteiger partial charge in [-0.3, -0.25) is 4.79 Å². The number of alkyl carbamates (subject to hydrolysis) is 1. The van der Waals surface area contributed by atoms with E-state index < -0.39 is 18.2 Å². The molecule has 3 heterocycles. The molecule has 0 aliphatic carbocycles. The largest absolute Gasteiger partial charge is 0.453 e. The Balaban J connectivity index is 1.50. The number of rotatable bonds is 4. The Morgan fingerprint density at radius 3 is 2.86 bits per heavy atom. The molecule has 2 saturated heterocycles. The third-order valence-electron chi connectivity index (χ3n) is 7.03. The van der Waals surface area contributed by atoms with Gasteiger partial charge in [0.25, 0.3) is 0 Å². The molecule has 35 heavy (non-hydrogen) atoms. The first-order valence-electron chi connectivity index (χ1n) is 11.8. The van der Waals surface area contributed by atoms with Crippen LogP contribution in [0.4, 0.5) is 4.79 Å². The van der Waals surface area contributed by atoms with Crippen LogP contribution in [0.5, 0.6) is 0 Å². The monoisotopic (exact) mass is 472 g/mol. The highest BCUT2D eigenvalue weighted by atomic mass is 16.5. The summed E-state index contributed by atoms with van der Waals surface area (Å²) in [6.45, 7) is 5.87. The number of aromatic amines is 1. The fraction of sp³-hybridized carbons (Fsp3) is 0.370. The first-order chi connectivity index (χ1) is 17.0. The van der Waals surface area contributed by atoms with Gasteiger partial charge in [-0.25, -0.2) is 9.78 Å². The lowest BCUT2D eigenvalue weighted by molar-refractivity contribution is -0.136. The molecule has 2 aromatic carbocycles. The standard InChI is InChI=1S/C27H28N4O4/c1-4-17-5-7-20-19(15-17)6-8-21-23(20)29-25(28-21)24-16(2)9-12-31(24)26(32)22(30-27(33)34-3)18-10-13-35-14-11-18/h1,5-8,15,18,22,24H,2,9-14H2,3H3,(H,28,29)(H,30,33)/t22-,24-/m0/s1. The average molecular weight is 473 g/mol. The van der Waals surface area contributed by atoms with Crippen LogP contribution in [0.25, 0.3) is 21.8 Å². The van der Waals surface area contributed by atoms with Gasteiger partial charge in [0.15, 0.2) is 0 Å². The number of amides is 2. The average Bonchev–Trinajstić information content (AvgIpc) is 3.50. The number of nitrogens with zero attached hydrogens (tertiary/aromatic N) is 2. The minimum atomic E-state index is -0.702. The van der Waals surface area contributed by atoms with Crippen molar-refractivity contribution in [3.63, 3.8) is 0 Å². The molecule has 3 aromatic rings. The number of nitrogens with one attached hydrogen (secondary N) is 2. The Hall–Kier alpha value is -3.83. The van der Waals surface area contributed by atoms with Crippen molar-refractivity contribution in [2.24, 2.45) is 5.92 Å². The molecule has 180 valence electrons. The fourth-order valence-electron chi connectivity index (χ4n) is 5.17. The number of ether oxygens (including phenoxy) is 2. The molecule has 2 N–H and O–H groups in total. The van der Waals surface area contributed by atoms with Gasteiger partial charge >= 0.3 is 6.09 Å². The van der Waals surface area contributed by atoms with E-state index in [1.54, 1.807) is 4.90 Å². The van der Waals surface area contributed by atoms with Gasteiger partial charge in [0.05, 0.1) is 18.1 Å². The van der Waals surface area contributed by atoms with Gasteiger partial charge in [-0.15, -0.1) is 6.42 Å². The SMILES string of the molecule is C#Cc1ccc2c(ccc3nc([C@@H]4C(=C)CCN4C(=O)[C@@H](NC(=O)OC)C4CCOCC4)[nH]c32)c1.